The van der Waals surface area contributed by atoms with Crippen LogP contribution in [0.15, 0.2) is 66.0 Å². The molecule has 0 unspecified atom stereocenters. The van der Waals surface area contributed by atoms with Crippen LogP contribution in [0.3, 0.4) is 0 Å². The molecule has 0 atom stereocenters. The summed E-state index contributed by atoms with van der Waals surface area (Å²) in [7, 11) is -3.81. The van der Waals surface area contributed by atoms with Crippen molar-refractivity contribution in [3.8, 4) is 0 Å². The van der Waals surface area contributed by atoms with Crippen molar-refractivity contribution in [2.45, 2.75) is 18.7 Å². The Bertz CT molecular complexity index is 1080. The first-order chi connectivity index (χ1) is 12.8. The molecule has 0 spiro atoms. The zero-order valence-corrected chi connectivity index (χ0v) is 15.6. The van der Waals surface area contributed by atoms with Gasteiger partial charge >= 0.3 is 0 Å². The lowest BCUT2D eigenvalue weighted by Crippen LogP contribution is -2.17. The van der Waals surface area contributed by atoms with Gasteiger partial charge in [-0.2, -0.15) is 0 Å². The Morgan fingerprint density at radius 3 is 2.52 bits per heavy atom. The van der Waals surface area contributed by atoms with E-state index in [0.717, 1.165) is 5.56 Å². The first-order valence-corrected chi connectivity index (χ1v) is 9.61. The number of amides is 1. The summed E-state index contributed by atoms with van der Waals surface area (Å²) in [6.45, 7) is 3.57. The maximum atomic E-state index is 12.8. The Morgan fingerprint density at radius 1 is 1.00 bits per heavy atom. The molecule has 27 heavy (non-hydrogen) atoms. The van der Waals surface area contributed by atoms with E-state index in [1.165, 1.54) is 24.7 Å². The van der Waals surface area contributed by atoms with Gasteiger partial charge in [0.1, 0.15) is 5.69 Å². The minimum absolute atomic E-state index is 0.0842. The van der Waals surface area contributed by atoms with Crippen LogP contribution < -0.4 is 10.0 Å². The van der Waals surface area contributed by atoms with E-state index >= 15 is 0 Å². The number of hydrogen-bond donors (Lipinski definition) is 2. The summed E-state index contributed by atoms with van der Waals surface area (Å²) >= 11 is 0. The van der Waals surface area contributed by atoms with E-state index < -0.39 is 15.9 Å². The van der Waals surface area contributed by atoms with Gasteiger partial charge < -0.3 is 5.32 Å². The summed E-state index contributed by atoms with van der Waals surface area (Å²) in [5, 5.41) is 2.64. The number of nitrogens with one attached hydrogen (secondary N) is 2. The zero-order chi connectivity index (χ0) is 19.4. The standard InChI is InChI=1S/C19H18N4O3S/c1-13-4-3-5-16(10-13)23-27(25,26)18-11-15(7-6-14(18)2)22-19(24)17-12-20-8-9-21-17/h3-12,23H,1-2H3,(H,22,24). The van der Waals surface area contributed by atoms with Crippen molar-refractivity contribution in [3.63, 3.8) is 0 Å². The fourth-order valence-corrected chi connectivity index (χ4v) is 3.82. The number of aryl methyl sites for hydroxylation is 2. The highest BCUT2D eigenvalue weighted by Crippen LogP contribution is 2.23. The van der Waals surface area contributed by atoms with Crippen molar-refractivity contribution in [1.82, 2.24) is 9.97 Å². The normalized spacial score (nSPS) is 11.0. The van der Waals surface area contributed by atoms with Gasteiger partial charge in [0, 0.05) is 23.8 Å². The van der Waals surface area contributed by atoms with Gasteiger partial charge in [-0.05, 0) is 49.2 Å². The highest BCUT2D eigenvalue weighted by molar-refractivity contribution is 7.92. The van der Waals surface area contributed by atoms with E-state index in [0.29, 0.717) is 16.9 Å². The molecule has 1 amide bonds. The number of carbonyl (C=O) groups is 1. The Balaban J connectivity index is 1.87. The number of sulfonamides is 1. The van der Waals surface area contributed by atoms with E-state index in [1.54, 1.807) is 37.3 Å². The van der Waals surface area contributed by atoms with Crippen LogP contribution in [-0.2, 0) is 10.0 Å². The number of hydrogen-bond acceptors (Lipinski definition) is 5. The molecule has 1 aromatic heterocycles. The summed E-state index contributed by atoms with van der Waals surface area (Å²) in [4.78, 5) is 20.1. The first kappa shape index (κ1) is 18.5. The van der Waals surface area contributed by atoms with Crippen molar-refractivity contribution >= 4 is 27.3 Å². The predicted octanol–water partition coefficient (Wildman–Crippen LogP) is 3.15. The van der Waals surface area contributed by atoms with Crippen molar-refractivity contribution in [2.75, 3.05) is 10.0 Å². The van der Waals surface area contributed by atoms with Crippen LogP contribution in [-0.4, -0.2) is 24.3 Å². The van der Waals surface area contributed by atoms with Gasteiger partial charge in [0.15, 0.2) is 0 Å². The van der Waals surface area contributed by atoms with Gasteiger partial charge in [-0.15, -0.1) is 0 Å². The molecule has 0 aliphatic heterocycles. The molecule has 0 fully saturated rings. The highest BCUT2D eigenvalue weighted by atomic mass is 32.2. The molecule has 0 saturated heterocycles. The van der Waals surface area contributed by atoms with E-state index in [2.05, 4.69) is 20.0 Å². The van der Waals surface area contributed by atoms with Crippen LogP contribution in [0.5, 0.6) is 0 Å². The van der Waals surface area contributed by atoms with E-state index in [9.17, 15) is 13.2 Å². The molecule has 0 aliphatic rings. The molecule has 8 heteroatoms. The molecule has 1 heterocycles. The number of anilines is 2. The van der Waals surface area contributed by atoms with Gasteiger partial charge in [-0.25, -0.2) is 13.4 Å². The molecule has 0 radical (unpaired) electrons. The number of carbonyl (C=O) groups excluding carboxylic acids is 1. The average Bonchev–Trinajstić information content (AvgIpc) is 2.63. The van der Waals surface area contributed by atoms with Gasteiger partial charge in [-0.1, -0.05) is 18.2 Å². The second-order valence-corrected chi connectivity index (χ2v) is 7.65. The van der Waals surface area contributed by atoms with Crippen molar-refractivity contribution in [3.05, 3.63) is 77.9 Å². The number of rotatable bonds is 5. The lowest BCUT2D eigenvalue weighted by atomic mass is 10.2. The first-order valence-electron chi connectivity index (χ1n) is 8.13. The van der Waals surface area contributed by atoms with Gasteiger partial charge in [0.2, 0.25) is 0 Å². The molecule has 0 saturated carbocycles. The van der Waals surface area contributed by atoms with E-state index in [1.807, 2.05) is 13.0 Å². The molecule has 0 bridgehead atoms. The molecule has 3 aromatic rings. The number of aromatic nitrogens is 2. The summed E-state index contributed by atoms with van der Waals surface area (Å²) in [6, 6.07) is 11.8. The van der Waals surface area contributed by atoms with E-state index in [-0.39, 0.29) is 10.6 Å². The summed E-state index contributed by atoms with van der Waals surface area (Å²) in [5.41, 5.74) is 2.47. The fourth-order valence-electron chi connectivity index (χ4n) is 2.50. The average molecular weight is 382 g/mol. The number of nitrogens with zero attached hydrogens (tertiary/aromatic N) is 2. The second-order valence-electron chi connectivity index (χ2n) is 6.00. The smallest absolute Gasteiger partial charge is 0.275 e. The monoisotopic (exact) mass is 382 g/mol. The maximum Gasteiger partial charge on any atom is 0.275 e. The van der Waals surface area contributed by atoms with Crippen molar-refractivity contribution < 1.29 is 13.2 Å². The minimum Gasteiger partial charge on any atom is -0.321 e. The molecule has 138 valence electrons. The van der Waals surface area contributed by atoms with E-state index in [4.69, 9.17) is 0 Å². The van der Waals surface area contributed by atoms with Crippen molar-refractivity contribution in [1.29, 1.82) is 0 Å². The topological polar surface area (TPSA) is 101 Å². The predicted molar refractivity (Wildman–Crippen MR) is 103 cm³/mol. The lowest BCUT2D eigenvalue weighted by Gasteiger charge is -2.13. The number of benzene rings is 2. The lowest BCUT2D eigenvalue weighted by molar-refractivity contribution is 0.102. The Hall–Kier alpha value is -3.26. The molecule has 2 N–H and O–H groups in total. The largest absolute Gasteiger partial charge is 0.321 e. The minimum atomic E-state index is -3.81. The Labute approximate surface area is 157 Å². The van der Waals surface area contributed by atoms with Crippen LogP contribution >= 0.6 is 0 Å². The highest BCUT2D eigenvalue weighted by Gasteiger charge is 2.18. The zero-order valence-electron chi connectivity index (χ0n) is 14.8. The third-order valence-electron chi connectivity index (χ3n) is 3.80. The van der Waals surface area contributed by atoms with Crippen LogP contribution in [0.4, 0.5) is 11.4 Å². The fraction of sp³-hybridized carbons (Fsp3) is 0.105. The Morgan fingerprint density at radius 2 is 1.81 bits per heavy atom. The van der Waals surface area contributed by atoms with Gasteiger partial charge in [0.05, 0.1) is 11.1 Å². The molecular weight excluding hydrogens is 364 g/mol. The SMILES string of the molecule is Cc1cccc(NS(=O)(=O)c2cc(NC(=O)c3cnccn3)ccc2C)c1. The molecule has 2 aromatic carbocycles. The van der Waals surface area contributed by atoms with Gasteiger partial charge in [0.25, 0.3) is 15.9 Å². The maximum absolute atomic E-state index is 12.8. The summed E-state index contributed by atoms with van der Waals surface area (Å²) < 4.78 is 28.2. The van der Waals surface area contributed by atoms with Gasteiger partial charge in [-0.3, -0.25) is 14.5 Å². The molecular formula is C19H18N4O3S. The second kappa shape index (κ2) is 7.55. The summed E-state index contributed by atoms with van der Waals surface area (Å²) in [5.74, 6) is -0.470. The molecule has 7 nitrogen and oxygen atoms in total. The molecule has 3 rings (SSSR count). The Kier molecular flexibility index (Phi) is 5.18. The van der Waals surface area contributed by atoms with Crippen molar-refractivity contribution in [2.24, 2.45) is 0 Å². The third kappa shape index (κ3) is 4.48. The van der Waals surface area contributed by atoms with Crippen LogP contribution in [0.1, 0.15) is 21.6 Å². The van der Waals surface area contributed by atoms with Crippen LogP contribution in [0, 0.1) is 13.8 Å². The quantitative estimate of drug-likeness (QED) is 0.706. The summed E-state index contributed by atoms with van der Waals surface area (Å²) in [6.07, 6.45) is 4.20. The third-order valence-corrected chi connectivity index (χ3v) is 5.32. The van der Waals surface area contributed by atoms with Crippen LogP contribution in [0.2, 0.25) is 0 Å². The van der Waals surface area contributed by atoms with Crippen LogP contribution in [0.25, 0.3) is 0 Å². The molecule has 0 aliphatic carbocycles.